The molecular formula is C37H28N2Na4O19S4. The van der Waals surface area contributed by atoms with Crippen molar-refractivity contribution >= 4 is 64.0 Å². The number of rotatable bonds is 7. The number of hydrogen-bond acceptors (Lipinski definition) is 15. The molecule has 2 amide bonds. The van der Waals surface area contributed by atoms with E-state index in [4.69, 9.17) is 4.74 Å². The van der Waals surface area contributed by atoms with Crippen molar-refractivity contribution < 1.29 is 205 Å². The van der Waals surface area contributed by atoms with Gasteiger partial charge >= 0.3 is 124 Å². The van der Waals surface area contributed by atoms with Gasteiger partial charge in [-0.3, -0.25) is 23.5 Å². The molecule has 0 heterocycles. The van der Waals surface area contributed by atoms with Crippen molar-refractivity contribution in [2.75, 3.05) is 10.6 Å². The summed E-state index contributed by atoms with van der Waals surface area (Å²) in [5, 5.41) is 57.6. The molecule has 6 rings (SSSR count). The van der Waals surface area contributed by atoms with E-state index in [2.05, 4.69) is 5.32 Å². The maximum Gasteiger partial charge on any atom is 1.00 e. The molecule has 21 nitrogen and oxygen atoms in total. The van der Waals surface area contributed by atoms with Gasteiger partial charge in [0.1, 0.15) is 11.8 Å². The summed E-state index contributed by atoms with van der Waals surface area (Å²) in [7, 11) is -20.8. The summed E-state index contributed by atoms with van der Waals surface area (Å²) in [6, 6.07) is 9.07. The first-order valence-electron chi connectivity index (χ1n) is 17.2. The van der Waals surface area contributed by atoms with Crippen LogP contribution in [0, 0.1) is 6.92 Å². The molecule has 29 heteroatoms. The van der Waals surface area contributed by atoms with E-state index >= 15 is 0 Å². The minimum Gasteiger partial charge on any atom is -0.872 e. The predicted octanol–water partition coefficient (Wildman–Crippen LogP) is -10.7. The van der Waals surface area contributed by atoms with Gasteiger partial charge in [-0.25, -0.2) is 4.79 Å². The normalized spacial score (nSPS) is 12.4. The molecule has 0 saturated carbocycles. The Balaban J connectivity index is 0.00000374. The van der Waals surface area contributed by atoms with Gasteiger partial charge in [0.05, 0.1) is 19.6 Å². The van der Waals surface area contributed by atoms with Gasteiger partial charge in [-0.15, -0.1) is 17.2 Å². The van der Waals surface area contributed by atoms with Gasteiger partial charge in [-0.1, -0.05) is 6.07 Å². The third-order valence-corrected chi connectivity index (χ3v) is 12.8. The smallest absolute Gasteiger partial charge is 0.872 e. The van der Waals surface area contributed by atoms with Crippen molar-refractivity contribution in [3.05, 3.63) is 117 Å². The monoisotopic (exact) mass is 1020 g/mol. The first kappa shape index (κ1) is 59.8. The molecule has 8 bridgehead atoms. The van der Waals surface area contributed by atoms with E-state index in [1.807, 2.05) is 5.32 Å². The molecule has 0 unspecified atom stereocenters. The molecule has 0 fully saturated rings. The maximum atomic E-state index is 14.1. The van der Waals surface area contributed by atoms with Gasteiger partial charge in [0.2, 0.25) is 0 Å². The first-order valence-corrected chi connectivity index (χ1v) is 23.0. The molecule has 5 aromatic carbocycles. The SMILES string of the molecule is Cc1ccc(NC(=O)[O-])cc1NC(=O)Oc1c2cc(S(=O)(=O)O)cc1Cc1cc(S(=O)(=O)O)cc(c1[O-])Cc1cc(S(=O)(=O)O)cc(c1[O-])Cc1cc(S(=O)(=O)O)cc(c1[O-])C2.[Na+].[Na+].[Na+].[Na+]. The molecule has 66 heavy (non-hydrogen) atoms. The second-order valence-electron chi connectivity index (χ2n) is 13.8. The third kappa shape index (κ3) is 14.2. The standard InChI is InChI=1S/C37H32N2O19S4.4Na/c1-17-2-3-26(38-36(43)44)16-31(17)39-37(45)58-35-24-6-22-12-28(60(49,50)51)10-20(33(22)41)4-18-8-27(59(46,47)48)9-19(32(18)40)5-21-11-29(61(52,53)54)13-23(34(21)42)7-25(35)15-30(14-24)62(55,56)57;;;;/h2-3,8-16,38,40-42H,4-7H2,1H3,(H,39,45)(H,43,44)(H,46,47,48)(H,49,50,51)(H,52,53,54)(H,55,56,57);;;;/q;4*+1/p-4. The van der Waals surface area contributed by atoms with Crippen LogP contribution in [-0.4, -0.2) is 64.1 Å². The van der Waals surface area contributed by atoms with Crippen LogP contribution in [0.4, 0.5) is 21.0 Å². The Morgan fingerprint density at radius 2 is 0.788 bits per heavy atom. The fourth-order valence-corrected chi connectivity index (χ4v) is 9.00. The van der Waals surface area contributed by atoms with Crippen molar-refractivity contribution in [3.63, 3.8) is 0 Å². The average Bonchev–Trinajstić information content (AvgIpc) is 3.13. The molecule has 5 aromatic rings. The molecule has 1 aliphatic rings. The Kier molecular flexibility index (Phi) is 20.5. The molecule has 1 aliphatic carbocycles. The van der Waals surface area contributed by atoms with E-state index in [0.29, 0.717) is 54.1 Å². The Bertz CT molecular complexity index is 3090. The molecule has 0 aliphatic heterocycles. The van der Waals surface area contributed by atoms with Crippen molar-refractivity contribution in [1.82, 2.24) is 0 Å². The van der Waals surface area contributed by atoms with Crippen LogP contribution in [0.3, 0.4) is 0 Å². The zero-order valence-corrected chi connectivity index (χ0v) is 46.5. The van der Waals surface area contributed by atoms with Crippen LogP contribution in [0.1, 0.15) is 50.1 Å². The van der Waals surface area contributed by atoms with E-state index in [1.54, 1.807) is 0 Å². The van der Waals surface area contributed by atoms with E-state index in [1.165, 1.54) is 19.1 Å². The first-order chi connectivity index (χ1) is 28.6. The molecule has 0 radical (unpaired) electrons. The predicted molar refractivity (Wildman–Crippen MR) is 204 cm³/mol. The number of aryl methyl sites for hydroxylation is 1. The molecular weight excluding hydrogens is 997 g/mol. The largest absolute Gasteiger partial charge is 1.00 e. The summed E-state index contributed by atoms with van der Waals surface area (Å²) in [5.41, 5.74) is -4.46. The summed E-state index contributed by atoms with van der Waals surface area (Å²) >= 11 is 0. The number of carboxylic acid groups (broad SMARTS) is 1. The summed E-state index contributed by atoms with van der Waals surface area (Å²) in [6.45, 7) is 1.49. The molecule has 0 spiro atoms. The van der Waals surface area contributed by atoms with Crippen LogP contribution >= 0.6 is 0 Å². The number of benzene rings is 5. The Morgan fingerprint density at radius 1 is 0.500 bits per heavy atom. The number of amides is 2. The zero-order chi connectivity index (χ0) is 45.9. The second kappa shape index (κ2) is 22.6. The number of nitrogens with one attached hydrogen (secondary N) is 2. The number of fused-ring (bicyclic) bond motifs is 8. The Hall–Kier alpha value is -2.32. The molecule has 328 valence electrons. The Morgan fingerprint density at radius 3 is 1.08 bits per heavy atom. The van der Waals surface area contributed by atoms with Crippen LogP contribution in [0.2, 0.25) is 0 Å². The van der Waals surface area contributed by atoms with Crippen molar-refractivity contribution in [3.8, 4) is 23.0 Å². The van der Waals surface area contributed by atoms with Gasteiger partial charge in [-0.05, 0) is 119 Å². The van der Waals surface area contributed by atoms with E-state index in [0.717, 1.165) is 6.07 Å². The van der Waals surface area contributed by atoms with E-state index in [-0.39, 0.29) is 130 Å². The number of anilines is 2. The van der Waals surface area contributed by atoms with Crippen LogP contribution in [0.15, 0.2) is 86.3 Å². The molecule has 6 N–H and O–H groups in total. The topological polar surface area (TPSA) is 377 Å². The fourth-order valence-electron chi connectivity index (χ4n) is 6.67. The minimum absolute atomic E-state index is 0. The van der Waals surface area contributed by atoms with E-state index in [9.17, 15) is 81.9 Å². The number of hydrogen-bond donors (Lipinski definition) is 6. The summed E-state index contributed by atoms with van der Waals surface area (Å²) in [5.74, 6) is -3.92. The average molecular weight is 1020 g/mol. The molecule has 0 saturated heterocycles. The van der Waals surface area contributed by atoms with Crippen LogP contribution < -0.4 is 154 Å². The second-order valence-corrected chi connectivity index (χ2v) is 19.5. The minimum atomic E-state index is -5.25. The number of ether oxygens (including phenoxy) is 1. The summed E-state index contributed by atoms with van der Waals surface area (Å²) < 4.78 is 146. The maximum absolute atomic E-state index is 14.1. The van der Waals surface area contributed by atoms with Gasteiger partial charge in [0.25, 0.3) is 40.5 Å². The van der Waals surface area contributed by atoms with Gasteiger partial charge in [0.15, 0.2) is 0 Å². The van der Waals surface area contributed by atoms with Crippen molar-refractivity contribution in [1.29, 1.82) is 0 Å². The van der Waals surface area contributed by atoms with Gasteiger partial charge in [0, 0.05) is 35.3 Å². The number of carbonyl (C=O) groups is 2. The van der Waals surface area contributed by atoms with Crippen LogP contribution in [-0.2, 0) is 66.2 Å². The van der Waals surface area contributed by atoms with Crippen LogP contribution in [0.25, 0.3) is 0 Å². The number of carbonyl (C=O) groups excluding carboxylic acids is 2. The van der Waals surface area contributed by atoms with Crippen molar-refractivity contribution in [2.24, 2.45) is 0 Å². The molecule has 0 aromatic heterocycles. The molecule has 0 atom stereocenters. The zero-order valence-electron chi connectivity index (χ0n) is 35.2. The van der Waals surface area contributed by atoms with Gasteiger partial charge in [-0.2, -0.15) is 33.7 Å². The van der Waals surface area contributed by atoms with Crippen LogP contribution in [0.5, 0.6) is 23.0 Å². The quantitative estimate of drug-likeness (QED) is 0.0639. The summed E-state index contributed by atoms with van der Waals surface area (Å²) in [4.78, 5) is 21.0. The van der Waals surface area contributed by atoms with Crippen molar-refractivity contribution in [2.45, 2.75) is 52.2 Å². The fraction of sp³-hybridized carbons (Fsp3) is 0.135. The Labute approximate surface area is 465 Å². The summed E-state index contributed by atoms with van der Waals surface area (Å²) in [6.07, 6.45) is -6.80. The van der Waals surface area contributed by atoms with Gasteiger partial charge < -0.3 is 35.3 Å². The third-order valence-electron chi connectivity index (χ3n) is 9.50. The van der Waals surface area contributed by atoms with E-state index < -0.39 is 165 Å².